The van der Waals surface area contributed by atoms with Crippen LogP contribution in [0.15, 0.2) is 48.6 Å². The lowest BCUT2D eigenvalue weighted by molar-refractivity contribution is -0.870. The first kappa shape index (κ1) is 73.5. The normalized spacial score (nSPS) is 14.1. The molecule has 3 atom stereocenters. The molecule has 1 amide bonds. The smallest absolute Gasteiger partial charge is 0.387 e. The van der Waals surface area contributed by atoms with Crippen molar-refractivity contribution in [1.82, 2.24) is 5.32 Å². The number of phosphoric ester groups is 1. The predicted octanol–water partition coefficient (Wildman–Crippen LogP) is 20.3. The highest BCUT2D eigenvalue weighted by atomic mass is 31.2. The van der Waals surface area contributed by atoms with Gasteiger partial charge in [-0.15, -0.1) is 0 Å². The third kappa shape index (κ3) is 60.0. The van der Waals surface area contributed by atoms with Crippen LogP contribution in [0.25, 0.3) is 0 Å². The Morgan fingerprint density at radius 1 is 0.453 bits per heavy atom. The van der Waals surface area contributed by atoms with Crippen LogP contribution in [0.4, 0.5) is 0 Å². The van der Waals surface area contributed by atoms with Gasteiger partial charge in [0.1, 0.15) is 13.2 Å². The number of nitrogens with zero attached hydrogens (tertiary/aromatic N) is 1. The summed E-state index contributed by atoms with van der Waals surface area (Å²) in [5, 5.41) is 13.9. The highest BCUT2D eigenvalue weighted by Gasteiger charge is 2.27. The predicted molar refractivity (Wildman–Crippen MR) is 327 cm³/mol. The molecule has 0 radical (unpaired) electrons. The van der Waals surface area contributed by atoms with Crippen LogP contribution in [0, 0.1) is 0 Å². The minimum absolute atomic E-state index is 0.0564. The summed E-state index contributed by atoms with van der Waals surface area (Å²) >= 11 is 0. The van der Waals surface area contributed by atoms with Gasteiger partial charge in [-0.25, -0.2) is 4.57 Å². The van der Waals surface area contributed by atoms with Crippen molar-refractivity contribution in [2.75, 3.05) is 40.9 Å². The maximum absolute atomic E-state index is 13.0. The quantitative estimate of drug-likeness (QED) is 0.0243. The molecule has 0 aromatic rings. The Morgan fingerprint density at radius 3 is 1.15 bits per heavy atom. The maximum Gasteiger partial charge on any atom is 0.472 e. The number of hydrogen-bond donors (Lipinski definition) is 3. The average Bonchev–Trinajstić information content (AvgIpc) is 3.37. The number of carbonyl (C=O) groups is 1. The first-order chi connectivity index (χ1) is 36.5. The van der Waals surface area contributed by atoms with Crippen molar-refractivity contribution in [3.05, 3.63) is 48.6 Å². The number of nitrogens with one attached hydrogen (secondary N) is 1. The molecule has 75 heavy (non-hydrogen) atoms. The molecule has 442 valence electrons. The highest BCUT2D eigenvalue weighted by Crippen LogP contribution is 2.43. The fraction of sp³-hybridized carbons (Fsp3) is 0.864. The van der Waals surface area contributed by atoms with Crippen LogP contribution in [-0.2, 0) is 18.4 Å². The van der Waals surface area contributed by atoms with Crippen molar-refractivity contribution in [1.29, 1.82) is 0 Å². The molecule has 0 aromatic carbocycles. The van der Waals surface area contributed by atoms with Gasteiger partial charge in [0.2, 0.25) is 5.91 Å². The molecule has 0 saturated carbocycles. The van der Waals surface area contributed by atoms with E-state index in [1.54, 1.807) is 6.08 Å². The summed E-state index contributed by atoms with van der Waals surface area (Å²) in [5.41, 5.74) is 0. The number of quaternary nitrogens is 1. The van der Waals surface area contributed by atoms with Crippen molar-refractivity contribution < 1.29 is 32.9 Å². The zero-order valence-corrected chi connectivity index (χ0v) is 51.4. The molecule has 9 heteroatoms. The number of aliphatic hydroxyl groups is 1. The number of aliphatic hydroxyl groups excluding tert-OH is 1. The molecule has 0 aliphatic carbocycles. The highest BCUT2D eigenvalue weighted by molar-refractivity contribution is 7.47. The van der Waals surface area contributed by atoms with Gasteiger partial charge in [-0.3, -0.25) is 13.8 Å². The second-order valence-electron chi connectivity index (χ2n) is 23.5. The molecule has 0 aromatic heterocycles. The number of hydrogen-bond acceptors (Lipinski definition) is 5. The van der Waals surface area contributed by atoms with E-state index in [1.165, 1.54) is 250 Å². The van der Waals surface area contributed by atoms with Gasteiger partial charge < -0.3 is 19.8 Å². The third-order valence-electron chi connectivity index (χ3n) is 14.8. The monoisotopic (exact) mass is 1080 g/mol. The van der Waals surface area contributed by atoms with Crippen LogP contribution in [-0.4, -0.2) is 73.4 Å². The molecule has 0 saturated heterocycles. The molecule has 0 spiro atoms. The number of unbranched alkanes of at least 4 members (excludes halogenated alkanes) is 41. The van der Waals surface area contributed by atoms with Crippen LogP contribution >= 0.6 is 7.82 Å². The summed E-state index contributed by atoms with van der Waals surface area (Å²) in [4.78, 5) is 23.3. The van der Waals surface area contributed by atoms with E-state index in [4.69, 9.17) is 9.05 Å². The maximum atomic E-state index is 13.0. The number of phosphoric acid groups is 1. The molecule has 3 unspecified atom stereocenters. The van der Waals surface area contributed by atoms with E-state index in [0.29, 0.717) is 17.4 Å². The number of rotatable bonds is 60. The molecule has 0 aliphatic rings. The van der Waals surface area contributed by atoms with E-state index in [2.05, 4.69) is 55.6 Å². The lowest BCUT2D eigenvalue weighted by Crippen LogP contribution is -2.45. The standard InChI is InChI=1S/C66H127N2O6P/c1-6-8-10-12-14-16-18-20-22-23-24-25-26-27-28-29-30-31-32-33-34-35-36-37-38-39-40-41-42-43-44-45-46-48-50-52-54-56-58-60-66(70)67-64(63-74-75(71,72)73-62-61-68(3,4)5)65(69)59-57-55-53-51-49-47-21-19-17-15-13-11-9-7-2/h30-31,33-34,49,51,57,59,64-65,69H,6-29,32,35-48,50,52-56,58,60-63H2,1-5H3,(H-,67,70,71,72)/p+1/b31-30-,34-33-,51-49+,59-57+. The minimum atomic E-state index is -4.35. The molecule has 0 rings (SSSR count). The fourth-order valence-electron chi connectivity index (χ4n) is 9.68. The summed E-state index contributed by atoms with van der Waals surface area (Å²) in [6, 6.07) is -0.863. The van der Waals surface area contributed by atoms with Crippen molar-refractivity contribution >= 4 is 13.7 Å². The lowest BCUT2D eigenvalue weighted by Gasteiger charge is -2.25. The number of carbonyl (C=O) groups excluding carboxylic acids is 1. The second kappa shape index (κ2) is 57.2. The first-order valence-corrected chi connectivity index (χ1v) is 34.0. The van der Waals surface area contributed by atoms with Gasteiger partial charge >= 0.3 is 7.82 Å². The van der Waals surface area contributed by atoms with E-state index in [1.807, 2.05) is 27.2 Å². The summed E-state index contributed by atoms with van der Waals surface area (Å²) in [6.07, 6.45) is 76.9. The Balaban J connectivity index is 3.93. The summed E-state index contributed by atoms with van der Waals surface area (Å²) < 4.78 is 23.7. The van der Waals surface area contributed by atoms with Crippen LogP contribution < -0.4 is 5.32 Å². The molecule has 0 heterocycles. The van der Waals surface area contributed by atoms with Gasteiger partial charge in [0.25, 0.3) is 0 Å². The van der Waals surface area contributed by atoms with Crippen LogP contribution in [0.1, 0.15) is 316 Å². The van der Waals surface area contributed by atoms with Gasteiger partial charge in [0.15, 0.2) is 0 Å². The zero-order chi connectivity index (χ0) is 54.9. The SMILES string of the molecule is CCCCCCCCCC/C=C/CC/C=C/C(O)C(COP(=O)(O)OCC[N+](C)(C)C)NC(=O)CCCCCCCCCCCCCCCCCCC/C=C\C/C=C\CCCCCCCCCCCCCCCCC. The molecule has 0 fully saturated rings. The number of allylic oxidation sites excluding steroid dienone is 7. The third-order valence-corrected chi connectivity index (χ3v) is 15.8. The molecular weight excluding hydrogens is 948 g/mol. The van der Waals surface area contributed by atoms with Gasteiger partial charge in [-0.2, -0.15) is 0 Å². The Hall–Kier alpha value is -1.54. The summed E-state index contributed by atoms with van der Waals surface area (Å²) in [5.74, 6) is -0.184. The van der Waals surface area contributed by atoms with Crippen molar-refractivity contribution in [2.45, 2.75) is 328 Å². The van der Waals surface area contributed by atoms with E-state index in [9.17, 15) is 19.4 Å². The topological polar surface area (TPSA) is 105 Å². The molecule has 8 nitrogen and oxygen atoms in total. The Labute approximate surface area is 467 Å². The molecule has 3 N–H and O–H groups in total. The largest absolute Gasteiger partial charge is 0.472 e. The van der Waals surface area contributed by atoms with Crippen LogP contribution in [0.5, 0.6) is 0 Å². The van der Waals surface area contributed by atoms with E-state index >= 15 is 0 Å². The Morgan fingerprint density at radius 2 is 0.773 bits per heavy atom. The van der Waals surface area contributed by atoms with Crippen molar-refractivity contribution in [2.24, 2.45) is 0 Å². The first-order valence-electron chi connectivity index (χ1n) is 32.5. The minimum Gasteiger partial charge on any atom is -0.387 e. The van der Waals surface area contributed by atoms with Gasteiger partial charge in [-0.05, 0) is 64.2 Å². The van der Waals surface area contributed by atoms with Crippen LogP contribution in [0.3, 0.4) is 0 Å². The van der Waals surface area contributed by atoms with Gasteiger partial charge in [0.05, 0.1) is 39.9 Å². The van der Waals surface area contributed by atoms with E-state index < -0.39 is 20.0 Å². The average molecular weight is 1080 g/mol. The van der Waals surface area contributed by atoms with Crippen LogP contribution in [0.2, 0.25) is 0 Å². The summed E-state index contributed by atoms with van der Waals surface area (Å²) in [6.45, 7) is 4.82. The van der Waals surface area contributed by atoms with Crippen molar-refractivity contribution in [3.63, 3.8) is 0 Å². The fourth-order valence-corrected chi connectivity index (χ4v) is 10.4. The van der Waals surface area contributed by atoms with Gasteiger partial charge in [0, 0.05) is 6.42 Å². The second-order valence-corrected chi connectivity index (χ2v) is 24.9. The molecule has 0 bridgehead atoms. The van der Waals surface area contributed by atoms with E-state index in [0.717, 1.165) is 44.9 Å². The Bertz CT molecular complexity index is 1360. The Kier molecular flexibility index (Phi) is 56.0. The van der Waals surface area contributed by atoms with Gasteiger partial charge in [-0.1, -0.05) is 294 Å². The zero-order valence-electron chi connectivity index (χ0n) is 50.6. The number of amides is 1. The molecular formula is C66H128N2O6P+. The van der Waals surface area contributed by atoms with Crippen molar-refractivity contribution in [3.8, 4) is 0 Å². The summed E-state index contributed by atoms with van der Waals surface area (Å²) in [7, 11) is 1.56. The molecule has 0 aliphatic heterocycles. The lowest BCUT2D eigenvalue weighted by atomic mass is 10.0. The number of likely N-dealkylation sites (N-methyl/N-ethyl adjacent to an activating group) is 1. The van der Waals surface area contributed by atoms with E-state index in [-0.39, 0.29) is 19.1 Å².